The van der Waals surface area contributed by atoms with E-state index in [9.17, 15) is 0 Å². The van der Waals surface area contributed by atoms with Gasteiger partial charge < -0.3 is 0 Å². The van der Waals surface area contributed by atoms with Crippen LogP contribution in [0, 0.1) is 0 Å². The zero-order valence-corrected chi connectivity index (χ0v) is 32.1. The van der Waals surface area contributed by atoms with Crippen LogP contribution in [0.2, 0.25) is 0 Å². The van der Waals surface area contributed by atoms with Gasteiger partial charge in [-0.3, -0.25) is 0 Å². The van der Waals surface area contributed by atoms with Crippen molar-refractivity contribution in [3.8, 4) is 44.5 Å². The maximum absolute atomic E-state index is 6.74. The molecular weight excluding hydrogens is 703 g/mol. The van der Waals surface area contributed by atoms with Crippen LogP contribution in [0.25, 0.3) is 109 Å². The van der Waals surface area contributed by atoms with Crippen molar-refractivity contribution in [1.29, 1.82) is 0 Å². The molecule has 11 aromatic rings. The first-order chi connectivity index (χ1) is 28.9. The van der Waals surface area contributed by atoms with Crippen molar-refractivity contribution < 1.29 is 0 Å². The molecule has 0 nitrogen and oxygen atoms in total. The second-order valence-corrected chi connectivity index (χ2v) is 15.4. The largest absolute Gasteiger partial charge is 0.113 e. The Hall–Kier alpha value is -6.70. The molecule has 0 spiro atoms. The topological polar surface area (TPSA) is 0 Å². The van der Waals surface area contributed by atoms with E-state index in [1.165, 1.54) is 65.3 Å². The molecular formula is C54H29B5. The lowest BCUT2D eigenvalue weighted by Gasteiger charge is -2.25. The first-order valence-corrected chi connectivity index (χ1v) is 19.8. The molecule has 0 fully saturated rings. The fourth-order valence-electron chi connectivity index (χ4n) is 9.54. The van der Waals surface area contributed by atoms with Gasteiger partial charge in [-0.1, -0.05) is 175 Å². The predicted octanol–water partition coefficient (Wildman–Crippen LogP) is 9.24. The molecule has 10 radical (unpaired) electrons. The quantitative estimate of drug-likeness (QED) is 0.0963. The van der Waals surface area contributed by atoms with Crippen molar-refractivity contribution in [2.75, 3.05) is 0 Å². The van der Waals surface area contributed by atoms with E-state index in [0.29, 0.717) is 16.5 Å². The van der Waals surface area contributed by atoms with Crippen molar-refractivity contribution in [2.24, 2.45) is 0 Å². The van der Waals surface area contributed by atoms with Crippen LogP contribution in [-0.4, -0.2) is 39.2 Å². The Morgan fingerprint density at radius 1 is 0.203 bits per heavy atom. The molecule has 0 saturated heterocycles. The molecule has 0 N–H and O–H groups in total. The van der Waals surface area contributed by atoms with Crippen LogP contribution in [0.15, 0.2) is 176 Å². The van der Waals surface area contributed by atoms with E-state index < -0.39 is 0 Å². The zero-order valence-electron chi connectivity index (χ0n) is 32.1. The van der Waals surface area contributed by atoms with Crippen LogP contribution in [0.3, 0.4) is 0 Å². The molecule has 0 amide bonds. The second kappa shape index (κ2) is 13.7. The summed E-state index contributed by atoms with van der Waals surface area (Å²) >= 11 is 0. The minimum Gasteiger partial charge on any atom is -0.112 e. The Bertz CT molecular complexity index is 3410. The molecule has 0 unspecified atom stereocenters. The summed E-state index contributed by atoms with van der Waals surface area (Å²) in [4.78, 5) is 0. The van der Waals surface area contributed by atoms with Crippen LogP contribution in [0.4, 0.5) is 0 Å². The molecule has 11 aromatic carbocycles. The molecule has 0 heterocycles. The number of hydrogen-bond donors (Lipinski definition) is 0. The van der Waals surface area contributed by atoms with E-state index in [1.807, 2.05) is 12.1 Å². The van der Waals surface area contributed by atoms with Gasteiger partial charge in [-0.2, -0.15) is 0 Å². The first kappa shape index (κ1) is 35.5. The monoisotopic (exact) mass is 732 g/mol. The normalized spacial score (nSPS) is 11.7. The third-order valence-corrected chi connectivity index (χ3v) is 12.3. The highest BCUT2D eigenvalue weighted by molar-refractivity contribution is 6.69. The van der Waals surface area contributed by atoms with Crippen LogP contribution in [0.1, 0.15) is 0 Å². The lowest BCUT2D eigenvalue weighted by molar-refractivity contribution is 1.66. The highest BCUT2D eigenvalue weighted by Gasteiger charge is 2.22. The summed E-state index contributed by atoms with van der Waals surface area (Å²) in [5.41, 5.74) is 9.90. The molecule has 0 atom stereocenters. The Kier molecular flexibility index (Phi) is 8.24. The average molecular weight is 732 g/mol. The van der Waals surface area contributed by atoms with Crippen LogP contribution in [0.5, 0.6) is 0 Å². The van der Waals surface area contributed by atoms with Gasteiger partial charge in [0.1, 0.15) is 39.2 Å². The number of benzene rings is 11. The predicted molar refractivity (Wildman–Crippen MR) is 260 cm³/mol. The maximum Gasteiger partial charge on any atom is 0.113 e. The molecule has 11 rings (SSSR count). The minimum atomic E-state index is 0.200. The van der Waals surface area contributed by atoms with Crippen LogP contribution < -0.4 is 27.3 Å². The molecule has 0 aromatic heterocycles. The molecule has 5 heteroatoms. The van der Waals surface area contributed by atoms with Gasteiger partial charge in [0.05, 0.1) is 0 Å². The molecule has 0 aliphatic carbocycles. The highest BCUT2D eigenvalue weighted by Crippen LogP contribution is 2.46. The van der Waals surface area contributed by atoms with Gasteiger partial charge in [0.2, 0.25) is 0 Å². The van der Waals surface area contributed by atoms with Gasteiger partial charge in [-0.05, 0) is 121 Å². The molecule has 59 heavy (non-hydrogen) atoms. The number of rotatable bonds is 4. The summed E-state index contributed by atoms with van der Waals surface area (Å²) in [6.07, 6.45) is 0. The van der Waals surface area contributed by atoms with E-state index in [1.54, 1.807) is 0 Å². The summed E-state index contributed by atoms with van der Waals surface area (Å²) in [5, 5.41) is 13.8. The molecule has 0 saturated carbocycles. The number of fused-ring (bicyclic) bond motifs is 7. The van der Waals surface area contributed by atoms with E-state index in [0.717, 1.165) is 38.2 Å². The third-order valence-electron chi connectivity index (χ3n) is 12.3. The minimum absolute atomic E-state index is 0.200. The second-order valence-electron chi connectivity index (χ2n) is 15.4. The average Bonchev–Trinajstić information content (AvgIpc) is 3.29. The van der Waals surface area contributed by atoms with Gasteiger partial charge in [0.15, 0.2) is 0 Å². The van der Waals surface area contributed by atoms with E-state index >= 15 is 0 Å². The molecule has 260 valence electrons. The number of hydrogen-bond acceptors (Lipinski definition) is 0. The van der Waals surface area contributed by atoms with Crippen molar-refractivity contribution in [3.05, 3.63) is 176 Å². The summed E-state index contributed by atoms with van der Waals surface area (Å²) in [6, 6.07) is 63.4. The summed E-state index contributed by atoms with van der Waals surface area (Å²) < 4.78 is 0. The van der Waals surface area contributed by atoms with Gasteiger partial charge in [0, 0.05) is 0 Å². The Balaban J connectivity index is 1.18. The molecule has 0 aliphatic heterocycles. The van der Waals surface area contributed by atoms with Gasteiger partial charge >= 0.3 is 0 Å². The fraction of sp³-hybridized carbons (Fsp3) is 0. The Labute approximate surface area is 350 Å². The standard InChI is InChI=1S/C54H29B5/c55-50-49(51(56)53(58)54(59)52(50)57)48-41-20-10-8-18-39(41)47(40-19-9-11-21-42(40)48)34-27-25-31-23-22-30-24-26-33(28-43(30)44(31)29-34)46-37-16-6-4-14-35(37)45(32-12-2-1-3-13-32)36-15-5-7-17-38(36)46/h1-29H. The van der Waals surface area contributed by atoms with E-state index in [4.69, 9.17) is 39.2 Å². The zero-order chi connectivity index (χ0) is 39.9. The third kappa shape index (κ3) is 5.38. The van der Waals surface area contributed by atoms with Gasteiger partial charge in [0.25, 0.3) is 0 Å². The van der Waals surface area contributed by atoms with Crippen LogP contribution in [-0.2, 0) is 0 Å². The first-order valence-electron chi connectivity index (χ1n) is 19.8. The molecule has 0 aliphatic rings. The fourth-order valence-corrected chi connectivity index (χ4v) is 9.54. The van der Waals surface area contributed by atoms with Crippen LogP contribution >= 0.6 is 0 Å². The lowest BCUT2D eigenvalue weighted by Crippen LogP contribution is -2.55. The van der Waals surface area contributed by atoms with E-state index in [2.05, 4.69) is 164 Å². The highest BCUT2D eigenvalue weighted by atomic mass is 14.2. The van der Waals surface area contributed by atoms with Crippen molar-refractivity contribution in [1.82, 2.24) is 0 Å². The summed E-state index contributed by atoms with van der Waals surface area (Å²) in [6.45, 7) is 0. The van der Waals surface area contributed by atoms with Crippen molar-refractivity contribution in [3.63, 3.8) is 0 Å². The SMILES string of the molecule is [B]c1c([B])c([B])c(-c2c3ccccc3c(-c3ccc4ccc5ccc(-c6c7ccccc7c(-c7ccccc7)c7ccccc67)cc5c4c3)c3ccccc23)c([B])c1[B]. The smallest absolute Gasteiger partial charge is 0.112 e. The maximum atomic E-state index is 6.74. The summed E-state index contributed by atoms with van der Waals surface area (Å²) in [5.74, 6) is 0. The van der Waals surface area contributed by atoms with Crippen molar-refractivity contribution >= 4 is 131 Å². The van der Waals surface area contributed by atoms with E-state index in [-0.39, 0.29) is 16.4 Å². The summed E-state index contributed by atoms with van der Waals surface area (Å²) in [7, 11) is 32.6. The molecule has 0 bridgehead atoms. The lowest BCUT2D eigenvalue weighted by atomic mass is 9.59. The van der Waals surface area contributed by atoms with Gasteiger partial charge in [-0.25, -0.2) is 0 Å². The Morgan fingerprint density at radius 2 is 0.492 bits per heavy atom. The van der Waals surface area contributed by atoms with Gasteiger partial charge in [-0.15, -0.1) is 16.4 Å². The van der Waals surface area contributed by atoms with Crippen molar-refractivity contribution in [2.45, 2.75) is 0 Å². The Morgan fingerprint density at radius 3 is 0.864 bits per heavy atom.